The number of carbonyl (C=O) groups excluding carboxylic acids is 3. The van der Waals surface area contributed by atoms with Crippen LogP contribution < -0.4 is 0 Å². The lowest BCUT2D eigenvalue weighted by Gasteiger charge is -2.42. The van der Waals surface area contributed by atoms with E-state index in [1.165, 1.54) is 4.90 Å². The van der Waals surface area contributed by atoms with Crippen molar-refractivity contribution in [1.82, 2.24) is 14.7 Å². The number of piperidine rings is 1. The molecule has 10 heteroatoms. The largest absolute Gasteiger partial charge is 0.465 e. The molecule has 164 valence electrons. The van der Waals surface area contributed by atoms with Crippen molar-refractivity contribution in [2.24, 2.45) is 11.8 Å². The highest BCUT2D eigenvalue weighted by atomic mass is 16.5. The molecule has 2 aliphatic heterocycles. The Morgan fingerprint density at radius 1 is 1.14 bits per heavy atom. The van der Waals surface area contributed by atoms with Crippen molar-refractivity contribution >= 4 is 23.9 Å². The number of carbonyl (C=O) groups is 4. The molecule has 10 nitrogen and oxygen atoms in total. The summed E-state index contributed by atoms with van der Waals surface area (Å²) >= 11 is 0. The Hall–Kier alpha value is -2.36. The van der Waals surface area contributed by atoms with E-state index in [2.05, 4.69) is 0 Å². The Morgan fingerprint density at radius 2 is 1.79 bits per heavy atom. The molecule has 0 aromatic rings. The van der Waals surface area contributed by atoms with Crippen LogP contribution in [-0.4, -0.2) is 102 Å². The summed E-state index contributed by atoms with van der Waals surface area (Å²) in [6, 6.07) is -0.575. The van der Waals surface area contributed by atoms with Gasteiger partial charge in [-0.2, -0.15) is 0 Å². The van der Waals surface area contributed by atoms with Gasteiger partial charge >= 0.3 is 18.0 Å². The lowest BCUT2D eigenvalue weighted by Crippen LogP contribution is -2.58. The van der Waals surface area contributed by atoms with Crippen molar-refractivity contribution in [2.75, 3.05) is 52.5 Å². The van der Waals surface area contributed by atoms with Crippen LogP contribution in [0.5, 0.6) is 0 Å². The highest BCUT2D eigenvalue weighted by molar-refractivity contribution is 6.32. The average Bonchev–Trinajstić information content (AvgIpc) is 2.71. The van der Waals surface area contributed by atoms with Gasteiger partial charge in [-0.25, -0.2) is 9.59 Å². The lowest BCUT2D eigenvalue weighted by atomic mass is 9.91. The minimum absolute atomic E-state index is 0.0556. The van der Waals surface area contributed by atoms with Crippen molar-refractivity contribution in [3.63, 3.8) is 0 Å². The van der Waals surface area contributed by atoms with E-state index in [-0.39, 0.29) is 38.1 Å². The fourth-order valence-corrected chi connectivity index (χ4v) is 3.78. The summed E-state index contributed by atoms with van der Waals surface area (Å²) in [6.45, 7) is 7.72. The summed E-state index contributed by atoms with van der Waals surface area (Å²) in [7, 11) is 0. The zero-order valence-electron chi connectivity index (χ0n) is 17.3. The third-order valence-electron chi connectivity index (χ3n) is 5.08. The van der Waals surface area contributed by atoms with E-state index in [4.69, 9.17) is 9.47 Å². The summed E-state index contributed by atoms with van der Waals surface area (Å²) < 4.78 is 10.1. The van der Waals surface area contributed by atoms with Gasteiger partial charge in [0.05, 0.1) is 31.8 Å². The Morgan fingerprint density at radius 3 is 2.34 bits per heavy atom. The van der Waals surface area contributed by atoms with E-state index in [0.29, 0.717) is 32.7 Å². The predicted octanol–water partition coefficient (Wildman–Crippen LogP) is 0.261. The van der Waals surface area contributed by atoms with Crippen LogP contribution in [-0.2, 0) is 23.9 Å². The molecule has 2 heterocycles. The number of nitrogens with zero attached hydrogens (tertiary/aromatic N) is 3. The molecule has 0 saturated carbocycles. The first-order valence-corrected chi connectivity index (χ1v) is 10.1. The van der Waals surface area contributed by atoms with Gasteiger partial charge in [-0.15, -0.1) is 0 Å². The molecule has 0 bridgehead atoms. The molecule has 0 aromatic heterocycles. The maximum absolute atomic E-state index is 13.0. The maximum Gasteiger partial charge on any atom is 0.407 e. The van der Waals surface area contributed by atoms with E-state index < -0.39 is 29.9 Å². The molecule has 2 saturated heterocycles. The summed E-state index contributed by atoms with van der Waals surface area (Å²) in [5, 5.41) is 9.55. The van der Waals surface area contributed by atoms with Gasteiger partial charge < -0.3 is 29.3 Å². The first-order chi connectivity index (χ1) is 13.7. The summed E-state index contributed by atoms with van der Waals surface area (Å²) in [5.74, 6) is -2.42. The zero-order valence-corrected chi connectivity index (χ0v) is 17.3. The molecule has 0 radical (unpaired) electrons. The van der Waals surface area contributed by atoms with Crippen molar-refractivity contribution in [1.29, 1.82) is 0 Å². The van der Waals surface area contributed by atoms with E-state index in [1.54, 1.807) is 11.8 Å². The van der Waals surface area contributed by atoms with E-state index in [9.17, 15) is 24.3 Å². The molecule has 0 aliphatic carbocycles. The standard InChI is InChI=1S/C19H31N3O7/c1-4-29-18(25)17(24)22(10-13(2)3)15-9-14(11-21(12-15)19(26)27)16(23)20-5-7-28-8-6-20/h13-15H,4-12H2,1-3H3,(H,26,27)/t14-,15+/m1/s1. The number of hydrogen-bond acceptors (Lipinski definition) is 6. The molecule has 29 heavy (non-hydrogen) atoms. The Kier molecular flexibility index (Phi) is 8.24. The quantitative estimate of drug-likeness (QED) is 0.508. The smallest absolute Gasteiger partial charge is 0.407 e. The van der Waals surface area contributed by atoms with Crippen LogP contribution in [0.15, 0.2) is 0 Å². The van der Waals surface area contributed by atoms with Crippen LogP contribution in [0, 0.1) is 11.8 Å². The molecule has 2 fully saturated rings. The van der Waals surface area contributed by atoms with Gasteiger partial charge in [0, 0.05) is 32.7 Å². The SMILES string of the molecule is CCOC(=O)C(=O)N(CC(C)C)[C@H]1C[C@@H](C(=O)N2CCOCC2)CN(C(=O)O)C1. The van der Waals surface area contributed by atoms with Crippen LogP contribution in [0.2, 0.25) is 0 Å². The molecule has 0 spiro atoms. The number of esters is 1. The van der Waals surface area contributed by atoms with E-state index in [1.807, 2.05) is 13.8 Å². The fourth-order valence-electron chi connectivity index (χ4n) is 3.78. The maximum atomic E-state index is 13.0. The minimum Gasteiger partial charge on any atom is -0.465 e. The second-order valence-electron chi connectivity index (χ2n) is 7.78. The Labute approximate surface area is 170 Å². The van der Waals surface area contributed by atoms with Crippen molar-refractivity contribution in [3.8, 4) is 0 Å². The summed E-state index contributed by atoms with van der Waals surface area (Å²) in [4.78, 5) is 53.6. The van der Waals surface area contributed by atoms with Gasteiger partial charge in [0.2, 0.25) is 5.91 Å². The molecule has 3 amide bonds. The average molecular weight is 413 g/mol. The van der Waals surface area contributed by atoms with Gasteiger partial charge in [0.1, 0.15) is 0 Å². The van der Waals surface area contributed by atoms with Crippen LogP contribution in [0.25, 0.3) is 0 Å². The molecular formula is C19H31N3O7. The predicted molar refractivity (Wildman–Crippen MR) is 102 cm³/mol. The third-order valence-corrected chi connectivity index (χ3v) is 5.08. The molecular weight excluding hydrogens is 382 g/mol. The number of rotatable bonds is 5. The van der Waals surface area contributed by atoms with Crippen molar-refractivity contribution in [3.05, 3.63) is 0 Å². The number of amides is 3. The van der Waals surface area contributed by atoms with Crippen molar-refractivity contribution < 1.29 is 33.8 Å². The normalized spacial score (nSPS) is 22.3. The minimum atomic E-state index is -1.15. The Bertz CT molecular complexity index is 619. The van der Waals surface area contributed by atoms with Crippen LogP contribution in [0.1, 0.15) is 27.2 Å². The number of ether oxygens (including phenoxy) is 2. The van der Waals surface area contributed by atoms with Gasteiger partial charge in [0.25, 0.3) is 0 Å². The molecule has 2 aliphatic rings. The van der Waals surface area contributed by atoms with Gasteiger partial charge in [0.15, 0.2) is 0 Å². The zero-order chi connectivity index (χ0) is 21.6. The molecule has 2 rings (SSSR count). The van der Waals surface area contributed by atoms with Gasteiger partial charge in [-0.05, 0) is 19.3 Å². The number of likely N-dealkylation sites (tertiary alicyclic amines) is 1. The summed E-state index contributed by atoms with van der Waals surface area (Å²) in [6.07, 6.45) is -0.847. The van der Waals surface area contributed by atoms with Crippen LogP contribution in [0.3, 0.4) is 0 Å². The van der Waals surface area contributed by atoms with E-state index in [0.717, 1.165) is 4.90 Å². The number of hydrogen-bond donors (Lipinski definition) is 1. The van der Waals surface area contributed by atoms with Gasteiger partial charge in [-0.1, -0.05) is 13.8 Å². The first kappa shape index (κ1) is 22.9. The van der Waals surface area contributed by atoms with Gasteiger partial charge in [-0.3, -0.25) is 9.59 Å². The first-order valence-electron chi connectivity index (χ1n) is 10.1. The monoisotopic (exact) mass is 413 g/mol. The van der Waals surface area contributed by atoms with Crippen LogP contribution in [0.4, 0.5) is 4.79 Å². The second-order valence-corrected chi connectivity index (χ2v) is 7.78. The number of morpholine rings is 1. The molecule has 2 atom stereocenters. The highest BCUT2D eigenvalue weighted by Gasteiger charge is 2.41. The van der Waals surface area contributed by atoms with Crippen LogP contribution >= 0.6 is 0 Å². The molecule has 1 N–H and O–H groups in total. The third kappa shape index (κ3) is 6.06. The molecule has 0 aromatic carbocycles. The fraction of sp³-hybridized carbons (Fsp3) is 0.789. The van der Waals surface area contributed by atoms with Crippen molar-refractivity contribution in [2.45, 2.75) is 33.2 Å². The summed E-state index contributed by atoms with van der Waals surface area (Å²) in [5.41, 5.74) is 0. The second kappa shape index (κ2) is 10.4. The lowest BCUT2D eigenvalue weighted by molar-refractivity contribution is -0.162. The highest BCUT2D eigenvalue weighted by Crippen LogP contribution is 2.25. The number of carboxylic acid groups (broad SMARTS) is 1. The Balaban J connectivity index is 2.23. The molecule has 0 unspecified atom stereocenters. The topological polar surface area (TPSA) is 117 Å². The van der Waals surface area contributed by atoms with E-state index >= 15 is 0 Å².